The van der Waals surface area contributed by atoms with Gasteiger partial charge in [-0.25, -0.2) is 0 Å². The molecule has 1 amide bonds. The second kappa shape index (κ2) is 7.31. The Kier molecular flexibility index (Phi) is 6.05. The summed E-state index contributed by atoms with van der Waals surface area (Å²) in [6, 6.07) is 7.94. The Labute approximate surface area is 113 Å². The lowest BCUT2D eigenvalue weighted by atomic mass is 10.1. The van der Waals surface area contributed by atoms with E-state index in [4.69, 9.17) is 4.74 Å². The number of carbonyl (C=O) groups excluding carboxylic acids is 1. The summed E-state index contributed by atoms with van der Waals surface area (Å²) < 4.78 is 5.14. The summed E-state index contributed by atoms with van der Waals surface area (Å²) in [6.07, 6.45) is 0. The quantitative estimate of drug-likeness (QED) is 0.805. The monoisotopic (exact) mass is 267 g/mol. The first-order valence-corrected chi connectivity index (χ1v) is 7.07. The number of hydrogen-bond acceptors (Lipinski definition) is 3. The molecule has 1 atom stereocenters. The first-order chi connectivity index (χ1) is 8.52. The molecule has 0 saturated heterocycles. The van der Waals surface area contributed by atoms with E-state index in [-0.39, 0.29) is 11.9 Å². The van der Waals surface area contributed by atoms with Gasteiger partial charge in [0.25, 0.3) is 0 Å². The Morgan fingerprint density at radius 3 is 2.72 bits per heavy atom. The largest absolute Gasteiger partial charge is 0.497 e. The van der Waals surface area contributed by atoms with Gasteiger partial charge in [-0.1, -0.05) is 19.9 Å². The van der Waals surface area contributed by atoms with E-state index < -0.39 is 0 Å². The molecule has 4 heteroatoms. The third-order valence-corrected chi connectivity index (χ3v) is 3.79. The lowest BCUT2D eigenvalue weighted by molar-refractivity contribution is -0.119. The average Bonchev–Trinajstić information content (AvgIpc) is 2.36. The maximum absolute atomic E-state index is 11.7. The van der Waals surface area contributed by atoms with Crippen LogP contribution in [-0.2, 0) is 4.79 Å². The molecule has 1 rings (SSSR count). The number of amides is 1. The molecule has 1 aromatic carbocycles. The average molecular weight is 267 g/mol. The number of carbonyl (C=O) groups is 1. The first-order valence-electron chi connectivity index (χ1n) is 6.09. The van der Waals surface area contributed by atoms with Crippen molar-refractivity contribution < 1.29 is 9.53 Å². The molecule has 0 spiro atoms. The van der Waals surface area contributed by atoms with Gasteiger partial charge in [0.15, 0.2) is 0 Å². The van der Waals surface area contributed by atoms with Crippen LogP contribution in [0, 0.1) is 5.92 Å². The summed E-state index contributed by atoms with van der Waals surface area (Å²) in [5, 5.41) is 2.99. The molecule has 1 N–H and O–H groups in total. The fraction of sp³-hybridized carbons (Fsp3) is 0.500. The van der Waals surface area contributed by atoms with E-state index in [1.54, 1.807) is 7.11 Å². The molecule has 18 heavy (non-hydrogen) atoms. The van der Waals surface area contributed by atoms with Crippen molar-refractivity contribution in [3.05, 3.63) is 24.3 Å². The van der Waals surface area contributed by atoms with Crippen molar-refractivity contribution in [1.29, 1.82) is 0 Å². The van der Waals surface area contributed by atoms with Crippen molar-refractivity contribution >= 4 is 17.7 Å². The highest BCUT2D eigenvalue weighted by Gasteiger charge is 2.10. The minimum absolute atomic E-state index is 0.0732. The van der Waals surface area contributed by atoms with Crippen molar-refractivity contribution in [2.45, 2.75) is 31.7 Å². The van der Waals surface area contributed by atoms with Crippen LogP contribution in [0.15, 0.2) is 29.2 Å². The van der Waals surface area contributed by atoms with Crippen LogP contribution < -0.4 is 10.1 Å². The molecular weight excluding hydrogens is 246 g/mol. The standard InChI is InChI=1S/C14H21NO2S/c1-10(2)11(3)15-14(16)9-18-13-7-5-6-12(8-13)17-4/h5-8,10-11H,9H2,1-4H3,(H,15,16)/t11-/m0/s1. The summed E-state index contributed by atoms with van der Waals surface area (Å²) in [6.45, 7) is 6.22. The maximum Gasteiger partial charge on any atom is 0.230 e. The third-order valence-electron chi connectivity index (χ3n) is 2.80. The zero-order valence-electron chi connectivity index (χ0n) is 11.4. The molecule has 3 nitrogen and oxygen atoms in total. The molecule has 0 radical (unpaired) electrons. The van der Waals surface area contributed by atoms with E-state index >= 15 is 0 Å². The van der Waals surface area contributed by atoms with Gasteiger partial charge in [0.05, 0.1) is 12.9 Å². The minimum Gasteiger partial charge on any atom is -0.497 e. The van der Waals surface area contributed by atoms with Gasteiger partial charge in [-0.3, -0.25) is 4.79 Å². The number of benzene rings is 1. The lowest BCUT2D eigenvalue weighted by Crippen LogP contribution is -2.37. The maximum atomic E-state index is 11.7. The number of hydrogen-bond donors (Lipinski definition) is 1. The molecule has 0 fully saturated rings. The molecular formula is C14H21NO2S. The van der Waals surface area contributed by atoms with Crippen LogP contribution in [-0.4, -0.2) is 24.8 Å². The second-order valence-corrected chi connectivity index (χ2v) is 5.62. The van der Waals surface area contributed by atoms with Crippen LogP contribution in [0.5, 0.6) is 5.75 Å². The molecule has 0 unspecified atom stereocenters. The van der Waals surface area contributed by atoms with Crippen molar-refractivity contribution in [3.8, 4) is 5.75 Å². The molecule has 100 valence electrons. The van der Waals surface area contributed by atoms with Crippen LogP contribution in [0.3, 0.4) is 0 Å². The fourth-order valence-corrected chi connectivity index (χ4v) is 2.06. The van der Waals surface area contributed by atoms with Gasteiger partial charge in [-0.05, 0) is 31.0 Å². The van der Waals surface area contributed by atoms with E-state index in [2.05, 4.69) is 19.2 Å². The van der Waals surface area contributed by atoms with Crippen LogP contribution in [0.25, 0.3) is 0 Å². The summed E-state index contributed by atoms with van der Waals surface area (Å²) in [5.74, 6) is 1.78. The zero-order valence-corrected chi connectivity index (χ0v) is 12.2. The Balaban J connectivity index is 2.42. The molecule has 0 aromatic heterocycles. The van der Waals surface area contributed by atoms with E-state index in [0.717, 1.165) is 10.6 Å². The van der Waals surface area contributed by atoms with Gasteiger partial charge in [-0.2, -0.15) is 0 Å². The van der Waals surface area contributed by atoms with Gasteiger partial charge in [-0.15, -0.1) is 11.8 Å². The Morgan fingerprint density at radius 2 is 2.11 bits per heavy atom. The molecule has 0 aliphatic heterocycles. The number of thioether (sulfide) groups is 1. The topological polar surface area (TPSA) is 38.3 Å². The smallest absolute Gasteiger partial charge is 0.230 e. The third kappa shape index (κ3) is 5.00. The van der Waals surface area contributed by atoms with E-state index in [9.17, 15) is 4.79 Å². The normalized spacial score (nSPS) is 12.3. The molecule has 1 aromatic rings. The van der Waals surface area contributed by atoms with E-state index in [1.165, 1.54) is 11.8 Å². The predicted octanol–water partition coefficient (Wildman–Crippen LogP) is 2.95. The highest BCUT2D eigenvalue weighted by molar-refractivity contribution is 8.00. The molecule has 0 aliphatic carbocycles. The molecule has 0 heterocycles. The highest BCUT2D eigenvalue weighted by atomic mass is 32.2. The zero-order chi connectivity index (χ0) is 13.5. The van der Waals surface area contributed by atoms with Crippen LogP contribution >= 0.6 is 11.8 Å². The SMILES string of the molecule is COc1cccc(SCC(=O)N[C@@H](C)C(C)C)c1. The van der Waals surface area contributed by atoms with E-state index in [1.807, 2.05) is 31.2 Å². The van der Waals surface area contributed by atoms with Crippen LogP contribution in [0.2, 0.25) is 0 Å². The summed E-state index contributed by atoms with van der Waals surface area (Å²) in [4.78, 5) is 12.8. The van der Waals surface area contributed by atoms with Gasteiger partial charge >= 0.3 is 0 Å². The van der Waals surface area contributed by atoms with Gasteiger partial charge in [0.2, 0.25) is 5.91 Å². The number of methoxy groups -OCH3 is 1. The predicted molar refractivity (Wildman–Crippen MR) is 76.2 cm³/mol. The van der Waals surface area contributed by atoms with Crippen LogP contribution in [0.4, 0.5) is 0 Å². The summed E-state index contributed by atoms with van der Waals surface area (Å²) >= 11 is 1.52. The minimum atomic E-state index is 0.0732. The van der Waals surface area contributed by atoms with Gasteiger partial charge in [0.1, 0.15) is 5.75 Å². The number of rotatable bonds is 6. The number of nitrogens with one attached hydrogen (secondary N) is 1. The summed E-state index contributed by atoms with van der Waals surface area (Å²) in [5.41, 5.74) is 0. The second-order valence-electron chi connectivity index (χ2n) is 4.57. The molecule has 0 aliphatic rings. The van der Waals surface area contributed by atoms with Crippen LogP contribution in [0.1, 0.15) is 20.8 Å². The van der Waals surface area contributed by atoms with Crippen molar-refractivity contribution in [2.75, 3.05) is 12.9 Å². The first kappa shape index (κ1) is 14.9. The molecule has 0 saturated carbocycles. The molecule has 0 bridgehead atoms. The Bertz CT molecular complexity index is 393. The van der Waals surface area contributed by atoms with Crippen molar-refractivity contribution in [2.24, 2.45) is 5.92 Å². The lowest BCUT2D eigenvalue weighted by Gasteiger charge is -2.17. The number of ether oxygens (including phenoxy) is 1. The summed E-state index contributed by atoms with van der Waals surface area (Å²) in [7, 11) is 1.64. The Morgan fingerprint density at radius 1 is 1.39 bits per heavy atom. The van der Waals surface area contributed by atoms with Crippen molar-refractivity contribution in [3.63, 3.8) is 0 Å². The Hall–Kier alpha value is -1.16. The van der Waals surface area contributed by atoms with E-state index in [0.29, 0.717) is 11.7 Å². The highest BCUT2D eigenvalue weighted by Crippen LogP contribution is 2.22. The van der Waals surface area contributed by atoms with Crippen molar-refractivity contribution in [1.82, 2.24) is 5.32 Å². The van der Waals surface area contributed by atoms with Gasteiger partial charge in [0, 0.05) is 10.9 Å². The fourth-order valence-electron chi connectivity index (χ4n) is 1.30. The van der Waals surface area contributed by atoms with Gasteiger partial charge < -0.3 is 10.1 Å².